The Morgan fingerprint density at radius 3 is 1.75 bits per heavy atom. The summed E-state index contributed by atoms with van der Waals surface area (Å²) in [4.78, 5) is 11.6. The van der Waals surface area contributed by atoms with E-state index in [2.05, 4.69) is 6.92 Å². The summed E-state index contributed by atoms with van der Waals surface area (Å²) in [7, 11) is 0. The summed E-state index contributed by atoms with van der Waals surface area (Å²) in [6.07, 6.45) is 30.5. The van der Waals surface area contributed by atoms with E-state index in [1.165, 1.54) is 109 Å². The van der Waals surface area contributed by atoms with Gasteiger partial charge in [-0.05, 0) is 51.5 Å². The first-order valence-corrected chi connectivity index (χ1v) is 17.4. The standard InChI is InChI=1S/C35H64O5/c1-3-4-5-6-7-8-12-15-18-21-24-31(36)33-26-27-34(40-33)32(37)25-22-19-16-13-10-9-11-14-17-20-23-30-28-29(2)39-35(30)38/h28-29,31-34,36-37H,3-27H2,1-2H3/t29-,31+,32+,33+,34+/m0/s1/i37+2. The third-order valence-electron chi connectivity index (χ3n) is 8.98. The van der Waals surface area contributed by atoms with Crippen molar-refractivity contribution in [2.24, 2.45) is 0 Å². The van der Waals surface area contributed by atoms with Crippen molar-refractivity contribution in [3.8, 4) is 0 Å². The van der Waals surface area contributed by atoms with Crippen molar-refractivity contribution in [2.75, 3.05) is 0 Å². The molecule has 2 N–H and O–H groups in total. The minimum atomic E-state index is -0.389. The van der Waals surface area contributed by atoms with E-state index in [1.54, 1.807) is 0 Å². The summed E-state index contributed by atoms with van der Waals surface area (Å²) < 4.78 is 11.2. The van der Waals surface area contributed by atoms with Gasteiger partial charge in [0.05, 0.1) is 24.4 Å². The predicted octanol–water partition coefficient (Wildman–Crippen LogP) is 9.12. The zero-order valence-electron chi connectivity index (χ0n) is 26.3. The van der Waals surface area contributed by atoms with Gasteiger partial charge in [-0.25, -0.2) is 4.79 Å². The van der Waals surface area contributed by atoms with Crippen LogP contribution in [0.1, 0.15) is 174 Å². The van der Waals surface area contributed by atoms with Crippen LogP contribution in [0, 0.1) is 0 Å². The van der Waals surface area contributed by atoms with Crippen LogP contribution in [0.25, 0.3) is 0 Å². The van der Waals surface area contributed by atoms with Crippen LogP contribution in [0.5, 0.6) is 0 Å². The van der Waals surface area contributed by atoms with E-state index in [0.29, 0.717) is 0 Å². The molecule has 40 heavy (non-hydrogen) atoms. The van der Waals surface area contributed by atoms with Gasteiger partial charge < -0.3 is 19.7 Å². The zero-order chi connectivity index (χ0) is 28.8. The minimum absolute atomic E-state index is 0.0443. The highest BCUT2D eigenvalue weighted by Crippen LogP contribution is 2.28. The first kappa shape index (κ1) is 35.3. The van der Waals surface area contributed by atoms with E-state index in [-0.39, 0.29) is 36.5 Å². The Morgan fingerprint density at radius 2 is 1.23 bits per heavy atom. The lowest BCUT2D eigenvalue weighted by molar-refractivity contribution is -0.139. The smallest absolute Gasteiger partial charge is 0.334 e. The minimum Gasteiger partial charge on any atom is -0.455 e. The van der Waals surface area contributed by atoms with E-state index in [9.17, 15) is 15.0 Å². The summed E-state index contributed by atoms with van der Waals surface area (Å²) in [5.74, 6) is -0.117. The molecule has 0 aliphatic carbocycles. The SMILES string of the molecule is CCCCCCCCCCCC[C@@H](O)[C@H]1CC[C@H]([C@H]([18OH])CCCCCCCCCCCCC2=C[C@H](C)OC2=O)O1. The molecule has 234 valence electrons. The van der Waals surface area contributed by atoms with Crippen molar-refractivity contribution >= 4 is 5.97 Å². The summed E-state index contributed by atoms with van der Waals surface area (Å²) in [5, 5.41) is 21.2. The molecule has 0 aromatic heterocycles. The second-order valence-corrected chi connectivity index (χ2v) is 12.8. The molecule has 1 saturated heterocycles. The Balaban J connectivity index is 1.35. The number of ether oxygens (including phenoxy) is 2. The van der Waals surface area contributed by atoms with Gasteiger partial charge in [0.1, 0.15) is 6.10 Å². The number of esters is 1. The van der Waals surface area contributed by atoms with Gasteiger partial charge in [0, 0.05) is 5.57 Å². The van der Waals surface area contributed by atoms with Crippen molar-refractivity contribution in [3.05, 3.63) is 11.6 Å². The van der Waals surface area contributed by atoms with Gasteiger partial charge >= 0.3 is 5.97 Å². The molecular formula is C35H64O5. The quantitative estimate of drug-likeness (QED) is 0.0620. The second-order valence-electron chi connectivity index (χ2n) is 12.8. The Morgan fingerprint density at radius 1 is 0.750 bits per heavy atom. The molecule has 0 radical (unpaired) electrons. The molecule has 2 rings (SSSR count). The molecule has 5 nitrogen and oxygen atoms in total. The van der Waals surface area contributed by atoms with Crippen molar-refractivity contribution in [1.82, 2.24) is 0 Å². The average molecular weight is 567 g/mol. The predicted molar refractivity (Wildman–Crippen MR) is 165 cm³/mol. The fourth-order valence-electron chi connectivity index (χ4n) is 6.37. The van der Waals surface area contributed by atoms with Gasteiger partial charge in [0.25, 0.3) is 0 Å². The van der Waals surface area contributed by atoms with Crippen molar-refractivity contribution in [1.29, 1.82) is 0 Å². The zero-order valence-corrected chi connectivity index (χ0v) is 26.3. The largest absolute Gasteiger partial charge is 0.455 e. The number of aliphatic hydroxyl groups is 2. The Kier molecular flexibility index (Phi) is 20.0. The normalized spacial score (nSPS) is 22.4. The van der Waals surface area contributed by atoms with Gasteiger partial charge in [-0.3, -0.25) is 0 Å². The maximum Gasteiger partial charge on any atom is 0.334 e. The number of cyclic esters (lactones) is 1. The van der Waals surface area contributed by atoms with Gasteiger partial charge in [-0.15, -0.1) is 0 Å². The molecule has 1 fully saturated rings. The average Bonchev–Trinajstić information content (AvgIpc) is 3.56. The number of hydrogen-bond donors (Lipinski definition) is 2. The molecule has 0 spiro atoms. The summed E-state index contributed by atoms with van der Waals surface area (Å²) in [5.41, 5.74) is 0.870. The molecule has 0 aromatic rings. The molecule has 2 aliphatic heterocycles. The fourth-order valence-corrected chi connectivity index (χ4v) is 6.37. The van der Waals surface area contributed by atoms with Crippen LogP contribution in [0.2, 0.25) is 0 Å². The number of carbonyl (C=O) groups excluding carboxylic acids is 1. The van der Waals surface area contributed by atoms with Crippen molar-refractivity contribution in [3.63, 3.8) is 0 Å². The Labute approximate surface area is 246 Å². The lowest BCUT2D eigenvalue weighted by Crippen LogP contribution is -2.31. The molecule has 2 aliphatic rings. The van der Waals surface area contributed by atoms with Crippen LogP contribution >= 0.6 is 0 Å². The number of carbonyl (C=O) groups is 1. The first-order chi connectivity index (χ1) is 19.5. The maximum absolute atomic E-state index is 11.6. The monoisotopic (exact) mass is 566 g/mol. The fraction of sp³-hybridized carbons (Fsp3) is 0.914. The van der Waals surface area contributed by atoms with Crippen molar-refractivity contribution in [2.45, 2.75) is 205 Å². The molecular weight excluding hydrogens is 502 g/mol. The number of aliphatic hydroxyl groups excluding tert-OH is 2. The summed E-state index contributed by atoms with van der Waals surface area (Å²) >= 11 is 0. The van der Waals surface area contributed by atoms with E-state index in [0.717, 1.165) is 56.9 Å². The van der Waals surface area contributed by atoms with Crippen molar-refractivity contribution < 1.29 is 24.5 Å². The van der Waals surface area contributed by atoms with Gasteiger partial charge in [-0.2, -0.15) is 0 Å². The van der Waals surface area contributed by atoms with E-state index in [1.807, 2.05) is 13.0 Å². The van der Waals surface area contributed by atoms with E-state index >= 15 is 0 Å². The molecule has 5 heteroatoms. The summed E-state index contributed by atoms with van der Waals surface area (Å²) in [6, 6.07) is 0. The van der Waals surface area contributed by atoms with Crippen LogP contribution in [0.4, 0.5) is 0 Å². The van der Waals surface area contributed by atoms with Crippen LogP contribution in [0.3, 0.4) is 0 Å². The number of rotatable bonds is 26. The molecule has 0 amide bonds. The third-order valence-corrected chi connectivity index (χ3v) is 8.98. The van der Waals surface area contributed by atoms with Crippen LogP contribution in [-0.2, 0) is 14.3 Å². The topological polar surface area (TPSA) is 76.0 Å². The third kappa shape index (κ3) is 15.9. The Bertz CT molecular complexity index is 662. The molecule has 0 unspecified atom stereocenters. The molecule has 2 heterocycles. The Hall–Kier alpha value is -0.910. The lowest BCUT2D eigenvalue weighted by Gasteiger charge is -2.22. The highest BCUT2D eigenvalue weighted by Gasteiger charge is 2.34. The number of hydrogen-bond acceptors (Lipinski definition) is 5. The molecule has 0 aromatic carbocycles. The van der Waals surface area contributed by atoms with Gasteiger partial charge in [0.2, 0.25) is 0 Å². The summed E-state index contributed by atoms with van der Waals surface area (Å²) in [6.45, 7) is 4.18. The van der Waals surface area contributed by atoms with E-state index in [4.69, 9.17) is 9.47 Å². The molecule has 5 atom stereocenters. The number of unbranched alkanes of at least 4 members (excludes halogenated alkanes) is 18. The van der Waals surface area contributed by atoms with Crippen LogP contribution in [0.15, 0.2) is 11.6 Å². The highest BCUT2D eigenvalue weighted by molar-refractivity contribution is 5.90. The maximum atomic E-state index is 11.6. The second kappa shape index (κ2) is 22.7. The van der Waals surface area contributed by atoms with Gasteiger partial charge in [-0.1, -0.05) is 129 Å². The highest BCUT2D eigenvalue weighted by atomic mass is 18.2. The van der Waals surface area contributed by atoms with E-state index < -0.39 is 0 Å². The lowest BCUT2D eigenvalue weighted by atomic mass is 10.00. The van der Waals surface area contributed by atoms with Crippen LogP contribution < -0.4 is 0 Å². The molecule has 0 saturated carbocycles. The van der Waals surface area contributed by atoms with Gasteiger partial charge in [0.15, 0.2) is 0 Å². The first-order valence-electron chi connectivity index (χ1n) is 17.4. The molecule has 0 bridgehead atoms. The van der Waals surface area contributed by atoms with Crippen LogP contribution in [-0.4, -0.2) is 46.7 Å².